The predicted octanol–water partition coefficient (Wildman–Crippen LogP) is 6.37. The molecule has 0 aromatic heterocycles. The van der Waals surface area contributed by atoms with Gasteiger partial charge in [-0.3, -0.25) is 4.79 Å². The zero-order valence-electron chi connectivity index (χ0n) is 19.4. The van der Waals surface area contributed by atoms with Crippen LogP contribution in [0, 0.1) is 5.92 Å². The number of unbranched alkanes of at least 4 members (excludes halogenated alkanes) is 3. The van der Waals surface area contributed by atoms with Crippen molar-refractivity contribution in [3.8, 4) is 0 Å². The van der Waals surface area contributed by atoms with Gasteiger partial charge in [0.05, 0.1) is 6.10 Å². The van der Waals surface area contributed by atoms with E-state index in [1.807, 2.05) is 18.2 Å². The molecule has 1 saturated heterocycles. The summed E-state index contributed by atoms with van der Waals surface area (Å²) in [6.07, 6.45) is 14.7. The fourth-order valence-corrected chi connectivity index (χ4v) is 4.78. The van der Waals surface area contributed by atoms with E-state index in [0.717, 1.165) is 64.1 Å². The topological polar surface area (TPSA) is 44.8 Å². The van der Waals surface area contributed by atoms with Gasteiger partial charge in [0.15, 0.2) is 0 Å². The Morgan fingerprint density at radius 1 is 1.19 bits per heavy atom. The number of fused-ring (bicyclic) bond motifs is 2. The summed E-state index contributed by atoms with van der Waals surface area (Å²) >= 11 is 5.73. The summed E-state index contributed by atoms with van der Waals surface area (Å²) in [5.74, 6) is 0.853. The summed E-state index contributed by atoms with van der Waals surface area (Å²) in [7, 11) is -0.0585. The van der Waals surface area contributed by atoms with Crippen molar-refractivity contribution >= 4 is 24.7 Å². The molecular formula is C26H38BClO4. The van der Waals surface area contributed by atoms with Gasteiger partial charge in [0.25, 0.3) is 0 Å². The first-order valence-corrected chi connectivity index (χ1v) is 13.0. The highest BCUT2D eigenvalue weighted by atomic mass is 35.5. The van der Waals surface area contributed by atoms with Crippen molar-refractivity contribution in [3.05, 3.63) is 48.0 Å². The predicted molar refractivity (Wildman–Crippen MR) is 131 cm³/mol. The number of ether oxygens (including phenoxy) is 1. The highest BCUT2D eigenvalue weighted by Crippen LogP contribution is 2.37. The van der Waals surface area contributed by atoms with Gasteiger partial charge in [0.2, 0.25) is 0 Å². The monoisotopic (exact) mass is 460 g/mol. The number of hydrogen-bond acceptors (Lipinski definition) is 4. The molecule has 2 fully saturated rings. The Morgan fingerprint density at radius 2 is 2.03 bits per heavy atom. The molecule has 1 heterocycles. The van der Waals surface area contributed by atoms with Crippen molar-refractivity contribution in [2.45, 2.75) is 95.8 Å². The van der Waals surface area contributed by atoms with Crippen LogP contribution in [0.5, 0.6) is 0 Å². The molecule has 1 aliphatic carbocycles. The van der Waals surface area contributed by atoms with E-state index >= 15 is 0 Å². The maximum absolute atomic E-state index is 12.4. The van der Waals surface area contributed by atoms with Crippen LogP contribution < -0.4 is 0 Å². The molecule has 3 rings (SSSR count). The van der Waals surface area contributed by atoms with Gasteiger partial charge in [-0.1, -0.05) is 62.6 Å². The smallest absolute Gasteiger partial charge is 0.457 e. The van der Waals surface area contributed by atoms with E-state index < -0.39 is 0 Å². The lowest BCUT2D eigenvalue weighted by Crippen LogP contribution is -2.36. The number of esters is 1. The van der Waals surface area contributed by atoms with E-state index in [4.69, 9.17) is 25.6 Å². The van der Waals surface area contributed by atoms with Crippen molar-refractivity contribution in [2.24, 2.45) is 5.92 Å². The molecule has 1 aliphatic heterocycles. The van der Waals surface area contributed by atoms with Gasteiger partial charge in [-0.15, -0.1) is 11.6 Å². The number of carbonyl (C=O) groups excluding carboxylic acids is 1. The fraction of sp³-hybridized carbons (Fsp3) is 0.654. The van der Waals surface area contributed by atoms with Crippen LogP contribution in [0.3, 0.4) is 0 Å². The largest absolute Gasteiger partial charge is 0.458 e. The minimum Gasteiger partial charge on any atom is -0.458 e. The zero-order valence-corrected chi connectivity index (χ0v) is 20.2. The van der Waals surface area contributed by atoms with Crippen LogP contribution in [0.1, 0.15) is 70.3 Å². The van der Waals surface area contributed by atoms with Crippen molar-refractivity contribution in [3.63, 3.8) is 0 Å². The number of carbonyl (C=O) groups is 1. The van der Waals surface area contributed by atoms with E-state index in [1.54, 1.807) is 0 Å². The van der Waals surface area contributed by atoms with Gasteiger partial charge in [-0.2, -0.15) is 0 Å². The first-order valence-electron chi connectivity index (χ1n) is 12.5. The molecule has 176 valence electrons. The van der Waals surface area contributed by atoms with Gasteiger partial charge in [-0.25, -0.2) is 0 Å². The van der Waals surface area contributed by atoms with Gasteiger partial charge < -0.3 is 14.0 Å². The molecule has 4 atom stereocenters. The average Bonchev–Trinajstić information content (AvgIpc) is 3.10. The lowest BCUT2D eigenvalue weighted by molar-refractivity contribution is -0.147. The molecule has 2 aliphatic rings. The van der Waals surface area contributed by atoms with Crippen LogP contribution in [0.4, 0.5) is 0 Å². The normalized spacial score (nSPS) is 23.6. The maximum Gasteiger partial charge on any atom is 0.457 e. The van der Waals surface area contributed by atoms with E-state index in [1.165, 1.54) is 5.56 Å². The highest BCUT2D eigenvalue weighted by Gasteiger charge is 2.43. The Labute approximate surface area is 199 Å². The third-order valence-corrected chi connectivity index (χ3v) is 6.67. The van der Waals surface area contributed by atoms with E-state index in [9.17, 15) is 4.79 Å². The minimum atomic E-state index is -0.215. The Hall–Kier alpha value is -1.30. The first-order chi connectivity index (χ1) is 15.7. The summed E-state index contributed by atoms with van der Waals surface area (Å²) < 4.78 is 18.2. The second-order valence-corrected chi connectivity index (χ2v) is 9.45. The van der Waals surface area contributed by atoms with Crippen molar-refractivity contribution in [1.29, 1.82) is 0 Å². The van der Waals surface area contributed by atoms with Crippen LogP contribution >= 0.6 is 11.6 Å². The third kappa shape index (κ3) is 8.57. The summed E-state index contributed by atoms with van der Waals surface area (Å²) in [5, 5.41) is 0. The van der Waals surface area contributed by atoms with Gasteiger partial charge in [0.1, 0.15) is 6.10 Å². The Kier molecular flexibility index (Phi) is 11.1. The molecule has 1 saturated carbocycles. The molecule has 0 amide bonds. The molecular weight excluding hydrogens is 423 g/mol. The molecule has 1 aromatic rings. The number of hydrogen-bond donors (Lipinski definition) is 0. The molecule has 4 nitrogen and oxygen atoms in total. The highest BCUT2D eigenvalue weighted by molar-refractivity contribution is 6.44. The summed E-state index contributed by atoms with van der Waals surface area (Å²) in [6.45, 7) is 2.19. The molecule has 2 bridgehead atoms. The third-order valence-electron chi connectivity index (χ3n) is 6.40. The summed E-state index contributed by atoms with van der Waals surface area (Å²) in [6, 6.07) is 10.4. The second-order valence-electron chi connectivity index (χ2n) is 9.08. The Balaban J connectivity index is 1.54. The van der Waals surface area contributed by atoms with Crippen LogP contribution in [0.25, 0.3) is 0 Å². The molecule has 0 radical (unpaired) electrons. The van der Waals surface area contributed by atoms with Crippen molar-refractivity contribution < 1.29 is 18.8 Å². The number of benzene rings is 1. The van der Waals surface area contributed by atoms with Crippen LogP contribution in [-0.4, -0.2) is 37.3 Å². The first kappa shape index (κ1) is 25.3. The zero-order chi connectivity index (χ0) is 22.6. The molecule has 1 aromatic carbocycles. The number of halogens is 1. The lowest BCUT2D eigenvalue weighted by atomic mass is 9.80. The van der Waals surface area contributed by atoms with Gasteiger partial charge in [-0.05, 0) is 56.5 Å². The minimum absolute atomic E-state index is 0.0585. The second kappa shape index (κ2) is 14.1. The van der Waals surface area contributed by atoms with Crippen LogP contribution in [0.2, 0.25) is 6.32 Å². The van der Waals surface area contributed by atoms with Crippen LogP contribution in [0.15, 0.2) is 42.5 Å². The number of alkyl halides is 1. The van der Waals surface area contributed by atoms with E-state index in [-0.39, 0.29) is 31.4 Å². The summed E-state index contributed by atoms with van der Waals surface area (Å²) in [4.78, 5) is 12.4. The van der Waals surface area contributed by atoms with E-state index in [2.05, 4.69) is 31.2 Å². The number of aryl methyl sites for hydroxylation is 1. The molecule has 0 unspecified atom stereocenters. The molecule has 32 heavy (non-hydrogen) atoms. The SMILES string of the molecule is CCCCB1O[C@@H]2C[C@@H](/C=C/[C@H](CCc3ccccc3)OC(=O)CCCCCCl)[C@@H](C2)O1. The molecule has 0 spiro atoms. The maximum atomic E-state index is 12.4. The van der Waals surface area contributed by atoms with Gasteiger partial charge >= 0.3 is 13.1 Å². The van der Waals surface area contributed by atoms with E-state index in [0.29, 0.717) is 18.2 Å². The average molecular weight is 461 g/mol. The van der Waals surface area contributed by atoms with Crippen molar-refractivity contribution in [2.75, 3.05) is 5.88 Å². The van der Waals surface area contributed by atoms with Gasteiger partial charge in [0, 0.05) is 24.3 Å². The Morgan fingerprint density at radius 3 is 2.81 bits per heavy atom. The summed E-state index contributed by atoms with van der Waals surface area (Å²) in [5.41, 5.74) is 1.26. The number of rotatable bonds is 14. The van der Waals surface area contributed by atoms with Crippen molar-refractivity contribution in [1.82, 2.24) is 0 Å². The standard InChI is InChI=1S/C26H38BClO4/c1-2-3-17-27-31-24-19-22(25(20-24)32-27)14-16-23(15-13-21-10-6-4-7-11-21)30-26(29)12-8-5-9-18-28/h4,6-7,10-11,14,16,22-25H,2-3,5,8-9,12-13,15,17-20H2,1H3/b16-14+/t22-,23+,24-,25-/m1/s1. The Bertz CT molecular complexity index is 698. The van der Waals surface area contributed by atoms with Crippen LogP contribution in [-0.2, 0) is 25.3 Å². The molecule has 6 heteroatoms. The lowest BCUT2D eigenvalue weighted by Gasteiger charge is -2.27. The quantitative estimate of drug-likeness (QED) is 0.106. The molecule has 0 N–H and O–H groups in total. The fourth-order valence-electron chi connectivity index (χ4n) is 4.59.